The normalized spacial score (nSPS) is 12.0. The molecule has 170 valence electrons. The molecule has 10 heteroatoms. The average Bonchev–Trinajstić information content (AvgIpc) is 3.24. The van der Waals surface area contributed by atoms with Crippen molar-refractivity contribution in [1.82, 2.24) is 20.6 Å². The highest BCUT2D eigenvalue weighted by Gasteiger charge is 2.28. The molecule has 0 unspecified atom stereocenters. The molecular weight excluding hydrogens is 423 g/mol. The number of ether oxygens (including phenoxy) is 1. The summed E-state index contributed by atoms with van der Waals surface area (Å²) in [6.45, 7) is 3.80. The fraction of sp³-hybridized carbons (Fsp3) is 0.318. The van der Waals surface area contributed by atoms with E-state index in [-0.39, 0.29) is 12.4 Å². The summed E-state index contributed by atoms with van der Waals surface area (Å²) in [6.07, 6.45) is -1.45. The Morgan fingerprint density at radius 3 is 2.66 bits per heavy atom. The second-order valence-corrected chi connectivity index (χ2v) is 6.96. The molecule has 0 spiro atoms. The van der Waals surface area contributed by atoms with Crippen LogP contribution >= 0.6 is 0 Å². The maximum Gasteiger partial charge on any atom is 0.422 e. The molecule has 0 fully saturated rings. The number of benzene rings is 1. The second kappa shape index (κ2) is 10.7. The molecule has 2 N–H and O–H groups in total. The number of aromatic nitrogens is 2. The molecule has 0 aliphatic rings. The zero-order valence-corrected chi connectivity index (χ0v) is 17.7. The van der Waals surface area contributed by atoms with E-state index in [0.717, 1.165) is 11.1 Å². The lowest BCUT2D eigenvalue weighted by molar-refractivity contribution is -0.154. The Kier molecular flexibility index (Phi) is 7.69. The standard InChI is InChI=1S/C22H24F3N5O2/c1-3-26-21(28-11-16-8-9-27-19(10-16)32-14-22(23,24)25)29-12-18-13-31-20(30-18)17-6-4-15(2)5-7-17/h4-10,13H,3,11-12,14H2,1-2H3,(H2,26,28,29). The molecule has 0 amide bonds. The molecule has 0 aliphatic heterocycles. The SMILES string of the molecule is CCNC(=NCc1ccnc(OCC(F)(F)F)c1)NCc1coc(-c2ccc(C)cc2)n1. The molecule has 0 saturated heterocycles. The minimum atomic E-state index is -4.42. The highest BCUT2D eigenvalue weighted by molar-refractivity contribution is 5.79. The van der Waals surface area contributed by atoms with Gasteiger partial charge >= 0.3 is 6.18 Å². The van der Waals surface area contributed by atoms with Gasteiger partial charge in [0.05, 0.1) is 18.8 Å². The van der Waals surface area contributed by atoms with E-state index >= 15 is 0 Å². The number of hydrogen-bond donors (Lipinski definition) is 2. The lowest BCUT2D eigenvalue weighted by Gasteiger charge is -2.11. The van der Waals surface area contributed by atoms with E-state index in [1.807, 2.05) is 38.1 Å². The number of oxazole rings is 1. The second-order valence-electron chi connectivity index (χ2n) is 6.96. The Balaban J connectivity index is 1.59. The van der Waals surface area contributed by atoms with Gasteiger partial charge < -0.3 is 19.8 Å². The van der Waals surface area contributed by atoms with E-state index in [4.69, 9.17) is 4.42 Å². The topological polar surface area (TPSA) is 84.6 Å². The van der Waals surface area contributed by atoms with Gasteiger partial charge in [-0.1, -0.05) is 17.7 Å². The van der Waals surface area contributed by atoms with Gasteiger partial charge in [-0.2, -0.15) is 13.2 Å². The molecule has 0 radical (unpaired) electrons. The molecule has 3 rings (SSSR count). The van der Waals surface area contributed by atoms with Crippen LogP contribution in [0.3, 0.4) is 0 Å². The van der Waals surface area contributed by atoms with Crippen molar-refractivity contribution in [2.45, 2.75) is 33.1 Å². The smallest absolute Gasteiger partial charge is 0.422 e. The van der Waals surface area contributed by atoms with E-state index in [9.17, 15) is 13.2 Å². The zero-order chi connectivity index (χ0) is 23.0. The Morgan fingerprint density at radius 2 is 1.94 bits per heavy atom. The Bertz CT molecular complexity index is 1030. The van der Waals surface area contributed by atoms with Gasteiger partial charge in [0.1, 0.15) is 6.26 Å². The lowest BCUT2D eigenvalue weighted by atomic mass is 10.1. The van der Waals surface area contributed by atoms with Crippen LogP contribution in [0.15, 0.2) is 58.3 Å². The van der Waals surface area contributed by atoms with Gasteiger partial charge in [-0.25, -0.2) is 15.0 Å². The van der Waals surface area contributed by atoms with Gasteiger partial charge in [-0.05, 0) is 37.6 Å². The van der Waals surface area contributed by atoms with Crippen LogP contribution in [0.2, 0.25) is 0 Å². The molecular formula is C22H24F3N5O2. The van der Waals surface area contributed by atoms with Crippen LogP contribution in [0.4, 0.5) is 13.2 Å². The van der Waals surface area contributed by atoms with Gasteiger partial charge in [0, 0.05) is 24.4 Å². The third-order valence-corrected chi connectivity index (χ3v) is 4.23. The fourth-order valence-electron chi connectivity index (χ4n) is 2.69. The summed E-state index contributed by atoms with van der Waals surface area (Å²) >= 11 is 0. The third-order valence-electron chi connectivity index (χ3n) is 4.23. The highest BCUT2D eigenvalue weighted by atomic mass is 19.4. The molecule has 1 aromatic carbocycles. The average molecular weight is 447 g/mol. The Morgan fingerprint density at radius 1 is 1.16 bits per heavy atom. The van der Waals surface area contributed by atoms with Crippen molar-refractivity contribution in [2.24, 2.45) is 4.99 Å². The van der Waals surface area contributed by atoms with Crippen LogP contribution in [0.25, 0.3) is 11.5 Å². The first-order valence-electron chi connectivity index (χ1n) is 10.0. The van der Waals surface area contributed by atoms with E-state index in [1.54, 1.807) is 12.3 Å². The molecule has 3 aromatic rings. The van der Waals surface area contributed by atoms with Crippen LogP contribution in [0.5, 0.6) is 5.88 Å². The van der Waals surface area contributed by atoms with Crippen LogP contribution in [-0.4, -0.2) is 35.3 Å². The van der Waals surface area contributed by atoms with Crippen molar-refractivity contribution >= 4 is 5.96 Å². The highest BCUT2D eigenvalue weighted by Crippen LogP contribution is 2.19. The van der Waals surface area contributed by atoms with Gasteiger partial charge in [-0.3, -0.25) is 0 Å². The number of alkyl halides is 3. The van der Waals surface area contributed by atoms with Gasteiger partial charge in [-0.15, -0.1) is 0 Å². The monoisotopic (exact) mass is 447 g/mol. The van der Waals surface area contributed by atoms with Crippen LogP contribution in [0, 0.1) is 6.92 Å². The summed E-state index contributed by atoms with van der Waals surface area (Å²) in [4.78, 5) is 12.7. The summed E-state index contributed by atoms with van der Waals surface area (Å²) in [7, 11) is 0. The quantitative estimate of drug-likeness (QED) is 0.397. The maximum absolute atomic E-state index is 12.3. The number of halogens is 3. The first-order valence-corrected chi connectivity index (χ1v) is 10.0. The van der Waals surface area contributed by atoms with Crippen molar-refractivity contribution < 1.29 is 22.3 Å². The van der Waals surface area contributed by atoms with E-state index in [2.05, 4.69) is 30.3 Å². The van der Waals surface area contributed by atoms with Crippen molar-refractivity contribution in [3.8, 4) is 17.3 Å². The first kappa shape index (κ1) is 23.1. The van der Waals surface area contributed by atoms with Gasteiger partial charge in [0.25, 0.3) is 0 Å². The van der Waals surface area contributed by atoms with Crippen molar-refractivity contribution in [3.05, 3.63) is 65.7 Å². The molecule has 7 nitrogen and oxygen atoms in total. The zero-order valence-electron chi connectivity index (χ0n) is 17.7. The van der Waals surface area contributed by atoms with E-state index in [1.165, 1.54) is 12.3 Å². The molecule has 2 heterocycles. The first-order chi connectivity index (χ1) is 15.3. The van der Waals surface area contributed by atoms with Crippen molar-refractivity contribution in [3.63, 3.8) is 0 Å². The number of aliphatic imine (C=N–C) groups is 1. The van der Waals surface area contributed by atoms with Crippen molar-refractivity contribution in [2.75, 3.05) is 13.2 Å². The molecule has 0 saturated carbocycles. The lowest BCUT2D eigenvalue weighted by Crippen LogP contribution is -2.36. The number of nitrogens with zero attached hydrogens (tertiary/aromatic N) is 3. The van der Waals surface area contributed by atoms with Crippen molar-refractivity contribution in [1.29, 1.82) is 0 Å². The summed E-state index contributed by atoms with van der Waals surface area (Å²) in [5.74, 6) is 0.966. The molecule has 0 bridgehead atoms. The Labute approximate surface area is 183 Å². The van der Waals surface area contributed by atoms with E-state index in [0.29, 0.717) is 36.2 Å². The summed E-state index contributed by atoms with van der Waals surface area (Å²) in [5.41, 5.74) is 3.42. The maximum atomic E-state index is 12.3. The van der Waals surface area contributed by atoms with Crippen LogP contribution in [0.1, 0.15) is 23.7 Å². The molecule has 2 aromatic heterocycles. The fourth-order valence-corrected chi connectivity index (χ4v) is 2.69. The minimum Gasteiger partial charge on any atom is -0.468 e. The summed E-state index contributed by atoms with van der Waals surface area (Å²) < 4.78 is 47.2. The van der Waals surface area contributed by atoms with Crippen LogP contribution in [-0.2, 0) is 13.1 Å². The summed E-state index contributed by atoms with van der Waals surface area (Å²) in [6, 6.07) is 11.0. The number of guanidine groups is 1. The number of aryl methyl sites for hydroxylation is 1. The third kappa shape index (κ3) is 7.29. The minimum absolute atomic E-state index is 0.0979. The number of nitrogens with one attached hydrogen (secondary N) is 2. The predicted octanol–water partition coefficient (Wildman–Crippen LogP) is 4.24. The Hall–Kier alpha value is -3.56. The largest absolute Gasteiger partial charge is 0.468 e. The van der Waals surface area contributed by atoms with Gasteiger partial charge in [0.15, 0.2) is 12.6 Å². The number of rotatable bonds is 8. The van der Waals surface area contributed by atoms with Crippen LogP contribution < -0.4 is 15.4 Å². The van der Waals surface area contributed by atoms with E-state index < -0.39 is 12.8 Å². The number of pyridine rings is 1. The summed E-state index contributed by atoms with van der Waals surface area (Å²) in [5, 5.41) is 6.27. The molecule has 0 aliphatic carbocycles. The number of hydrogen-bond acceptors (Lipinski definition) is 5. The van der Waals surface area contributed by atoms with Gasteiger partial charge in [0.2, 0.25) is 11.8 Å². The predicted molar refractivity (Wildman–Crippen MR) is 114 cm³/mol. The molecule has 0 atom stereocenters. The molecule has 32 heavy (non-hydrogen) atoms.